The van der Waals surface area contributed by atoms with Crippen LogP contribution in [0.3, 0.4) is 0 Å². The highest BCUT2D eigenvalue weighted by molar-refractivity contribution is 6.37. The van der Waals surface area contributed by atoms with Gasteiger partial charge in [0.05, 0.1) is 25.4 Å². The van der Waals surface area contributed by atoms with Crippen LogP contribution in [-0.2, 0) is 20.9 Å². The maximum Gasteiger partial charge on any atom is 0.260 e. The molecule has 0 bridgehead atoms. The van der Waals surface area contributed by atoms with E-state index in [9.17, 15) is 4.79 Å². The van der Waals surface area contributed by atoms with Crippen molar-refractivity contribution in [1.82, 2.24) is 4.90 Å². The summed E-state index contributed by atoms with van der Waals surface area (Å²) in [7, 11) is 0. The minimum atomic E-state index is -0.168. The van der Waals surface area contributed by atoms with Crippen molar-refractivity contribution in [3.05, 3.63) is 58.1 Å². The number of nitrogens with one attached hydrogen (secondary N) is 1. The molecule has 0 aromatic heterocycles. The molecule has 0 aliphatic carbocycles. The largest absolute Gasteiger partial charge is 0.494 e. The lowest BCUT2D eigenvalue weighted by Crippen LogP contribution is -2.37. The summed E-state index contributed by atoms with van der Waals surface area (Å²) in [5.41, 5.74) is 4.01. The molecule has 0 atom stereocenters. The molecule has 1 amide bonds. The van der Waals surface area contributed by atoms with E-state index in [1.165, 1.54) is 0 Å². The summed E-state index contributed by atoms with van der Waals surface area (Å²) in [5, 5.41) is 3.47. The second-order valence-electron chi connectivity index (χ2n) is 7.61. The second kappa shape index (κ2) is 8.30. The number of benzene rings is 2. The van der Waals surface area contributed by atoms with Crippen LogP contribution >= 0.6 is 11.6 Å². The van der Waals surface area contributed by atoms with Gasteiger partial charge in [0, 0.05) is 47.0 Å². The number of fused-ring (bicyclic) bond motifs is 2. The molecule has 3 aliphatic heterocycles. The molecule has 3 heterocycles. The Morgan fingerprint density at radius 2 is 1.97 bits per heavy atom. The monoisotopic (exact) mass is 426 g/mol. The number of ether oxygens (including phenoxy) is 3. The van der Waals surface area contributed by atoms with Crippen molar-refractivity contribution < 1.29 is 19.0 Å². The molecule has 1 N–H and O–H groups in total. The predicted molar refractivity (Wildman–Crippen MR) is 115 cm³/mol. The Morgan fingerprint density at radius 3 is 2.83 bits per heavy atom. The molecule has 0 saturated carbocycles. The first-order valence-corrected chi connectivity index (χ1v) is 10.6. The maximum atomic E-state index is 12.6. The van der Waals surface area contributed by atoms with Crippen LogP contribution in [0, 0.1) is 0 Å². The van der Waals surface area contributed by atoms with Crippen LogP contribution in [0.2, 0.25) is 5.02 Å². The van der Waals surface area contributed by atoms with Gasteiger partial charge in [-0.3, -0.25) is 9.69 Å². The van der Waals surface area contributed by atoms with E-state index in [1.807, 2.05) is 24.3 Å². The number of hydrogen-bond donors (Lipinski definition) is 1. The van der Waals surface area contributed by atoms with Crippen molar-refractivity contribution in [2.45, 2.75) is 13.0 Å². The molecule has 30 heavy (non-hydrogen) atoms. The Labute approximate surface area is 180 Å². The molecule has 156 valence electrons. The average molecular weight is 427 g/mol. The maximum absolute atomic E-state index is 12.6. The van der Waals surface area contributed by atoms with E-state index < -0.39 is 0 Å². The molecule has 2 aromatic rings. The average Bonchev–Trinajstić information content (AvgIpc) is 3.31. The summed E-state index contributed by atoms with van der Waals surface area (Å²) in [5.74, 6) is 1.26. The van der Waals surface area contributed by atoms with E-state index in [-0.39, 0.29) is 5.91 Å². The van der Waals surface area contributed by atoms with E-state index in [1.54, 1.807) is 12.1 Å². The van der Waals surface area contributed by atoms with E-state index >= 15 is 0 Å². The summed E-state index contributed by atoms with van der Waals surface area (Å²) < 4.78 is 17.3. The van der Waals surface area contributed by atoms with Gasteiger partial charge in [-0.25, -0.2) is 0 Å². The van der Waals surface area contributed by atoms with Crippen LogP contribution in [0.5, 0.6) is 5.75 Å². The minimum absolute atomic E-state index is 0.168. The topological polar surface area (TPSA) is 60.0 Å². The highest BCUT2D eigenvalue weighted by Gasteiger charge is 2.32. The van der Waals surface area contributed by atoms with Crippen molar-refractivity contribution in [2.75, 3.05) is 44.8 Å². The third-order valence-electron chi connectivity index (χ3n) is 5.64. The number of rotatable bonds is 5. The lowest BCUT2D eigenvalue weighted by atomic mass is 10.0. The number of hydrogen-bond acceptors (Lipinski definition) is 5. The Morgan fingerprint density at radius 1 is 1.10 bits per heavy atom. The third kappa shape index (κ3) is 3.78. The Balaban J connectivity index is 1.29. The molecule has 7 heteroatoms. The van der Waals surface area contributed by atoms with Crippen LogP contribution < -0.4 is 10.1 Å². The quantitative estimate of drug-likeness (QED) is 0.582. The van der Waals surface area contributed by atoms with Crippen LogP contribution in [0.1, 0.15) is 23.1 Å². The van der Waals surface area contributed by atoms with Gasteiger partial charge in [0.2, 0.25) is 0 Å². The predicted octanol–water partition coefficient (Wildman–Crippen LogP) is 3.79. The van der Waals surface area contributed by atoms with Crippen molar-refractivity contribution in [3.63, 3.8) is 0 Å². The van der Waals surface area contributed by atoms with Crippen molar-refractivity contribution >= 4 is 34.5 Å². The van der Waals surface area contributed by atoms with Gasteiger partial charge in [0.15, 0.2) is 0 Å². The molecule has 6 nitrogen and oxygen atoms in total. The highest BCUT2D eigenvalue weighted by atomic mass is 35.5. The van der Waals surface area contributed by atoms with Gasteiger partial charge in [-0.1, -0.05) is 11.6 Å². The van der Waals surface area contributed by atoms with Crippen molar-refractivity contribution in [2.24, 2.45) is 0 Å². The van der Waals surface area contributed by atoms with Gasteiger partial charge in [-0.05, 0) is 42.8 Å². The number of amides is 1. The fourth-order valence-electron chi connectivity index (χ4n) is 4.10. The number of anilines is 1. The zero-order valence-electron chi connectivity index (χ0n) is 16.6. The van der Waals surface area contributed by atoms with Crippen molar-refractivity contribution in [1.29, 1.82) is 0 Å². The Hall–Kier alpha value is -2.54. The van der Waals surface area contributed by atoms with E-state index in [0.717, 1.165) is 67.4 Å². The van der Waals surface area contributed by atoms with Crippen molar-refractivity contribution in [3.8, 4) is 5.75 Å². The molecule has 3 aliphatic rings. The van der Waals surface area contributed by atoms with Crippen LogP contribution in [0.4, 0.5) is 5.69 Å². The second-order valence-corrected chi connectivity index (χ2v) is 8.05. The first-order valence-electron chi connectivity index (χ1n) is 10.2. The third-order valence-corrected chi connectivity index (χ3v) is 5.87. The number of halogens is 1. The lowest BCUT2D eigenvalue weighted by Gasteiger charge is -2.26. The lowest BCUT2D eigenvalue weighted by molar-refractivity contribution is -0.110. The molecular weight excluding hydrogens is 404 g/mol. The first kappa shape index (κ1) is 19.4. The van der Waals surface area contributed by atoms with Crippen LogP contribution in [-0.4, -0.2) is 50.3 Å². The number of nitrogens with zero attached hydrogens (tertiary/aromatic N) is 1. The van der Waals surface area contributed by atoms with E-state index in [0.29, 0.717) is 29.6 Å². The molecule has 0 spiro atoms. The first-order chi connectivity index (χ1) is 14.7. The fourth-order valence-corrected chi connectivity index (χ4v) is 4.28. The number of carbonyl (C=O) groups is 1. The molecule has 5 rings (SSSR count). The van der Waals surface area contributed by atoms with Crippen LogP contribution in [0.25, 0.3) is 11.3 Å². The minimum Gasteiger partial charge on any atom is -0.494 e. The van der Waals surface area contributed by atoms with Crippen LogP contribution in [0.15, 0.2) is 36.4 Å². The SMILES string of the molecule is O=C1Nc2ccc(Cl)cc2/C1=C1\OCc2cc(OCCCN3CCOCC3)ccc21. The normalized spacial score (nSPS) is 20.5. The number of carbonyl (C=O) groups excluding carboxylic acids is 1. The van der Waals surface area contributed by atoms with Gasteiger partial charge >= 0.3 is 0 Å². The molecule has 0 radical (unpaired) electrons. The summed E-state index contributed by atoms with van der Waals surface area (Å²) in [6.45, 7) is 5.73. The summed E-state index contributed by atoms with van der Waals surface area (Å²) in [6, 6.07) is 11.3. The standard InChI is InChI=1S/C23H23ClN2O4/c24-16-2-5-20-19(13-16)21(23(27)25-20)22-18-4-3-17(12-15(18)14-30-22)29-9-1-6-26-7-10-28-11-8-26/h2-5,12-13H,1,6-11,14H2,(H,25,27)/b22-21+. The van der Waals surface area contributed by atoms with E-state index in [4.69, 9.17) is 25.8 Å². The molecule has 2 aromatic carbocycles. The molecular formula is C23H23ClN2O4. The summed E-state index contributed by atoms with van der Waals surface area (Å²) in [4.78, 5) is 15.0. The molecule has 1 fully saturated rings. The number of morpholine rings is 1. The zero-order valence-corrected chi connectivity index (χ0v) is 17.3. The van der Waals surface area contributed by atoms with E-state index in [2.05, 4.69) is 10.2 Å². The van der Waals surface area contributed by atoms with Gasteiger partial charge < -0.3 is 19.5 Å². The van der Waals surface area contributed by atoms with Gasteiger partial charge in [0.25, 0.3) is 5.91 Å². The van der Waals surface area contributed by atoms with Gasteiger partial charge in [-0.15, -0.1) is 0 Å². The van der Waals surface area contributed by atoms with Gasteiger partial charge in [-0.2, -0.15) is 0 Å². The highest BCUT2D eigenvalue weighted by Crippen LogP contribution is 2.43. The Bertz CT molecular complexity index is 1010. The fraction of sp³-hybridized carbons (Fsp3) is 0.348. The summed E-state index contributed by atoms with van der Waals surface area (Å²) >= 11 is 6.15. The Kier molecular flexibility index (Phi) is 5.37. The summed E-state index contributed by atoms with van der Waals surface area (Å²) in [6.07, 6.45) is 0.973. The molecule has 1 saturated heterocycles. The smallest absolute Gasteiger partial charge is 0.260 e. The zero-order chi connectivity index (χ0) is 20.5. The van der Waals surface area contributed by atoms with Gasteiger partial charge in [0.1, 0.15) is 18.1 Å². The molecule has 0 unspecified atom stereocenters.